The molecule has 0 spiro atoms. The first-order chi connectivity index (χ1) is 14.6. The lowest BCUT2D eigenvalue weighted by atomic mass is 10.1. The van der Waals surface area contributed by atoms with Crippen molar-refractivity contribution >= 4 is 28.3 Å². The lowest BCUT2D eigenvalue weighted by Gasteiger charge is -2.08. The number of aromatic nitrogens is 2. The standard InChI is InChI=1S/C23H16ClN3O3/c24-18-12-6-4-10-16(18)20(28)14-27-19-13-7-5-11-17(19)21(15-8-2-1-3-9-15)25-22(26-30)23(27)29/h1-13,30H,14H2/b26-22+. The minimum absolute atomic E-state index is 0.282. The number of benzene rings is 3. The molecule has 4 rings (SSSR count). The van der Waals surface area contributed by atoms with Crippen LogP contribution < -0.4 is 11.0 Å². The molecule has 1 aromatic heterocycles. The van der Waals surface area contributed by atoms with Gasteiger partial charge in [-0.2, -0.15) is 0 Å². The summed E-state index contributed by atoms with van der Waals surface area (Å²) in [4.78, 5) is 30.4. The summed E-state index contributed by atoms with van der Waals surface area (Å²) in [6.45, 7) is -0.282. The molecule has 3 aromatic carbocycles. The van der Waals surface area contributed by atoms with E-state index in [-0.39, 0.29) is 12.3 Å². The molecule has 0 bridgehead atoms. The van der Waals surface area contributed by atoms with Gasteiger partial charge in [0.1, 0.15) is 0 Å². The summed E-state index contributed by atoms with van der Waals surface area (Å²) >= 11 is 6.15. The first-order valence-corrected chi connectivity index (χ1v) is 9.53. The molecule has 0 saturated carbocycles. The smallest absolute Gasteiger partial charge is 0.299 e. The second kappa shape index (κ2) is 8.31. The van der Waals surface area contributed by atoms with Crippen LogP contribution in [0.1, 0.15) is 10.4 Å². The van der Waals surface area contributed by atoms with Crippen molar-refractivity contribution in [2.75, 3.05) is 0 Å². The first kappa shape index (κ1) is 19.5. The predicted molar refractivity (Wildman–Crippen MR) is 115 cm³/mol. The van der Waals surface area contributed by atoms with Gasteiger partial charge < -0.3 is 5.21 Å². The van der Waals surface area contributed by atoms with Gasteiger partial charge in [-0.1, -0.05) is 77.4 Å². The maximum Gasteiger partial charge on any atom is 0.299 e. The van der Waals surface area contributed by atoms with Crippen molar-refractivity contribution in [3.05, 3.63) is 105 Å². The molecule has 0 amide bonds. The molecule has 0 radical (unpaired) electrons. The molecular weight excluding hydrogens is 402 g/mol. The molecular formula is C23H16ClN3O3. The van der Waals surface area contributed by atoms with Crippen molar-refractivity contribution in [2.24, 2.45) is 5.16 Å². The van der Waals surface area contributed by atoms with Crippen molar-refractivity contribution in [1.29, 1.82) is 0 Å². The molecule has 1 N–H and O–H groups in total. The first-order valence-electron chi connectivity index (χ1n) is 9.15. The number of halogens is 1. The Morgan fingerprint density at radius 1 is 0.967 bits per heavy atom. The Morgan fingerprint density at radius 3 is 2.37 bits per heavy atom. The molecule has 0 atom stereocenters. The molecule has 0 fully saturated rings. The second-order valence-electron chi connectivity index (χ2n) is 6.56. The number of hydrogen-bond donors (Lipinski definition) is 1. The summed E-state index contributed by atoms with van der Waals surface area (Å²) in [6.07, 6.45) is 0. The van der Waals surface area contributed by atoms with Crippen LogP contribution in [0, 0.1) is 0 Å². The third kappa shape index (κ3) is 3.60. The number of ketones is 1. The monoisotopic (exact) mass is 417 g/mol. The number of para-hydroxylation sites is 1. The molecule has 7 heteroatoms. The van der Waals surface area contributed by atoms with E-state index in [0.29, 0.717) is 27.2 Å². The number of Topliss-reactive ketones (excluding diaryl/α,β-unsaturated/α-hetero) is 1. The van der Waals surface area contributed by atoms with Crippen molar-refractivity contribution in [1.82, 2.24) is 9.55 Å². The summed E-state index contributed by atoms with van der Waals surface area (Å²) in [5, 5.41) is 13.5. The molecule has 1 heterocycles. The van der Waals surface area contributed by atoms with E-state index < -0.39 is 11.0 Å². The minimum Gasteiger partial charge on any atom is -0.409 e. The second-order valence-corrected chi connectivity index (χ2v) is 6.97. The third-order valence-corrected chi connectivity index (χ3v) is 5.05. The predicted octanol–water partition coefficient (Wildman–Crippen LogP) is 3.89. The van der Waals surface area contributed by atoms with Gasteiger partial charge in [0.05, 0.1) is 22.8 Å². The third-order valence-electron chi connectivity index (χ3n) is 4.72. The van der Waals surface area contributed by atoms with Gasteiger partial charge in [0.2, 0.25) is 0 Å². The topological polar surface area (TPSA) is 84.5 Å². The van der Waals surface area contributed by atoms with Gasteiger partial charge >= 0.3 is 0 Å². The van der Waals surface area contributed by atoms with Crippen molar-refractivity contribution in [2.45, 2.75) is 6.54 Å². The van der Waals surface area contributed by atoms with E-state index in [1.54, 1.807) is 36.4 Å². The van der Waals surface area contributed by atoms with Gasteiger partial charge in [-0.05, 0) is 18.2 Å². The normalized spacial score (nSPS) is 11.6. The Hall–Kier alpha value is -3.77. The molecule has 0 aliphatic carbocycles. The molecule has 0 aliphatic rings. The fourth-order valence-corrected chi connectivity index (χ4v) is 3.55. The summed E-state index contributed by atoms with van der Waals surface area (Å²) in [5.74, 6) is -0.343. The highest BCUT2D eigenvalue weighted by Crippen LogP contribution is 2.24. The minimum atomic E-state index is -0.684. The highest BCUT2D eigenvalue weighted by atomic mass is 35.5. The summed E-state index contributed by atoms with van der Waals surface area (Å²) in [7, 11) is 0. The highest BCUT2D eigenvalue weighted by molar-refractivity contribution is 6.33. The fraction of sp³-hybridized carbons (Fsp3) is 0.0435. The van der Waals surface area contributed by atoms with E-state index >= 15 is 0 Å². The average Bonchev–Trinajstić information content (AvgIpc) is 2.89. The van der Waals surface area contributed by atoms with Crippen molar-refractivity contribution in [3.63, 3.8) is 0 Å². The summed E-state index contributed by atoms with van der Waals surface area (Å²) < 4.78 is 1.26. The highest BCUT2D eigenvalue weighted by Gasteiger charge is 2.16. The van der Waals surface area contributed by atoms with Crippen LogP contribution in [0.3, 0.4) is 0 Å². The van der Waals surface area contributed by atoms with Gasteiger partial charge in [0.25, 0.3) is 11.0 Å². The number of nitrogens with zero attached hydrogens (tertiary/aromatic N) is 3. The van der Waals surface area contributed by atoms with Crippen LogP contribution in [0.2, 0.25) is 5.02 Å². The van der Waals surface area contributed by atoms with Gasteiger partial charge in [-0.3, -0.25) is 14.2 Å². The summed E-state index contributed by atoms with van der Waals surface area (Å²) in [5.41, 5.74) is 0.927. The molecule has 0 unspecified atom stereocenters. The number of hydrogen-bond acceptors (Lipinski definition) is 5. The van der Waals surface area contributed by atoms with E-state index in [9.17, 15) is 14.8 Å². The van der Waals surface area contributed by atoms with Gasteiger partial charge in [0, 0.05) is 16.5 Å². The van der Waals surface area contributed by atoms with E-state index in [0.717, 1.165) is 5.56 Å². The maximum absolute atomic E-state index is 13.1. The van der Waals surface area contributed by atoms with Gasteiger partial charge in [0.15, 0.2) is 5.78 Å². The molecule has 30 heavy (non-hydrogen) atoms. The summed E-state index contributed by atoms with van der Waals surface area (Å²) in [6, 6.07) is 23.0. The Labute approximate surface area is 176 Å². The fourth-order valence-electron chi connectivity index (χ4n) is 3.31. The quantitative estimate of drug-likeness (QED) is 0.310. The lowest BCUT2D eigenvalue weighted by Crippen LogP contribution is -2.36. The lowest BCUT2D eigenvalue weighted by molar-refractivity contribution is 0.0972. The molecule has 0 saturated heterocycles. The number of rotatable bonds is 4. The molecule has 148 valence electrons. The Balaban J connectivity index is 2.02. The van der Waals surface area contributed by atoms with Gasteiger partial charge in [-0.15, -0.1) is 0 Å². The Kier molecular flexibility index (Phi) is 5.41. The van der Waals surface area contributed by atoms with Crippen LogP contribution in [-0.2, 0) is 6.54 Å². The zero-order valence-electron chi connectivity index (χ0n) is 15.7. The van der Waals surface area contributed by atoms with E-state index in [4.69, 9.17) is 11.6 Å². The van der Waals surface area contributed by atoms with E-state index in [1.807, 2.05) is 42.5 Å². The van der Waals surface area contributed by atoms with Crippen molar-refractivity contribution < 1.29 is 10.0 Å². The SMILES string of the molecule is O=C(Cn1c(=O)/c(=N\O)nc(-c2ccccc2)c2ccccc21)c1ccccc1Cl. The Morgan fingerprint density at radius 2 is 1.63 bits per heavy atom. The number of carbonyl (C=O) groups excluding carboxylic acids is 1. The van der Waals surface area contributed by atoms with E-state index in [1.165, 1.54) is 4.57 Å². The van der Waals surface area contributed by atoms with Crippen LogP contribution in [0.4, 0.5) is 0 Å². The van der Waals surface area contributed by atoms with Crippen molar-refractivity contribution in [3.8, 4) is 11.3 Å². The molecule has 6 nitrogen and oxygen atoms in total. The van der Waals surface area contributed by atoms with Gasteiger partial charge in [-0.25, -0.2) is 4.98 Å². The van der Waals surface area contributed by atoms with Crippen LogP contribution in [-0.4, -0.2) is 20.5 Å². The molecule has 4 aromatic rings. The zero-order chi connectivity index (χ0) is 21.1. The van der Waals surface area contributed by atoms with Crippen LogP contribution in [0.15, 0.2) is 88.8 Å². The maximum atomic E-state index is 13.1. The number of fused-ring (bicyclic) bond motifs is 1. The van der Waals surface area contributed by atoms with Crippen LogP contribution in [0.25, 0.3) is 22.2 Å². The number of carbonyl (C=O) groups is 1. The van der Waals surface area contributed by atoms with Crippen LogP contribution in [0.5, 0.6) is 0 Å². The molecule has 0 aliphatic heterocycles. The largest absolute Gasteiger partial charge is 0.409 e. The van der Waals surface area contributed by atoms with E-state index in [2.05, 4.69) is 10.1 Å². The Bertz CT molecular complexity index is 1380. The van der Waals surface area contributed by atoms with Crippen LogP contribution >= 0.6 is 11.6 Å². The zero-order valence-corrected chi connectivity index (χ0v) is 16.5. The average molecular weight is 418 g/mol.